The molecule has 1 N–H and O–H groups in total. The zero-order chi connectivity index (χ0) is 13.4. The van der Waals surface area contributed by atoms with Gasteiger partial charge in [0, 0.05) is 31.1 Å². The van der Waals surface area contributed by atoms with E-state index >= 15 is 0 Å². The van der Waals surface area contributed by atoms with Crippen molar-refractivity contribution in [2.24, 2.45) is 11.8 Å². The first-order chi connectivity index (χ1) is 9.13. The molecule has 3 fully saturated rings. The van der Waals surface area contributed by atoms with E-state index in [1.54, 1.807) is 0 Å². The fourth-order valence-electron chi connectivity index (χ4n) is 3.40. The van der Waals surface area contributed by atoms with Gasteiger partial charge in [0.05, 0.1) is 12.7 Å². The zero-order valence-electron chi connectivity index (χ0n) is 12.1. The Morgan fingerprint density at radius 2 is 2.11 bits per heavy atom. The highest BCUT2D eigenvalue weighted by molar-refractivity contribution is 5.79. The molecule has 0 unspecified atom stereocenters. The summed E-state index contributed by atoms with van der Waals surface area (Å²) in [4.78, 5) is 14.5. The summed E-state index contributed by atoms with van der Waals surface area (Å²) in [6.07, 6.45) is 4.82. The molecule has 1 saturated carbocycles. The summed E-state index contributed by atoms with van der Waals surface area (Å²) in [6, 6.07) is 0.856. The van der Waals surface area contributed by atoms with E-state index < -0.39 is 0 Å². The quantitative estimate of drug-likeness (QED) is 0.839. The van der Waals surface area contributed by atoms with Gasteiger partial charge in [-0.3, -0.25) is 9.69 Å². The van der Waals surface area contributed by atoms with E-state index in [0.29, 0.717) is 30.0 Å². The molecule has 0 spiro atoms. The summed E-state index contributed by atoms with van der Waals surface area (Å²) in [5, 5.41) is 3.25. The molecule has 108 valence electrons. The minimum Gasteiger partial charge on any atom is -0.375 e. The van der Waals surface area contributed by atoms with Gasteiger partial charge in [-0.25, -0.2) is 0 Å². The molecule has 2 aliphatic heterocycles. The first kappa shape index (κ1) is 13.4. The normalized spacial score (nSPS) is 36.1. The van der Waals surface area contributed by atoms with Crippen molar-refractivity contribution in [1.82, 2.24) is 10.2 Å². The van der Waals surface area contributed by atoms with Crippen LogP contribution in [0.5, 0.6) is 0 Å². The molecule has 19 heavy (non-hydrogen) atoms. The van der Waals surface area contributed by atoms with Crippen LogP contribution in [0.1, 0.15) is 39.5 Å². The van der Waals surface area contributed by atoms with Crippen LogP contribution in [-0.4, -0.2) is 48.7 Å². The van der Waals surface area contributed by atoms with Crippen molar-refractivity contribution in [1.29, 1.82) is 0 Å². The van der Waals surface area contributed by atoms with Crippen molar-refractivity contribution < 1.29 is 9.53 Å². The number of ether oxygens (including phenoxy) is 1. The molecule has 0 aromatic carbocycles. The Balaban J connectivity index is 1.50. The maximum Gasteiger partial charge on any atom is 0.223 e. The standard InChI is InChI=1S/C15H26N2O2/c1-10(2)14-8-17-7-12(6-13(17)9-19-14)16-15(18)11-4-3-5-11/h10-14H,3-9H2,1-2H3,(H,16,18)/t12-,13-,14-/m0/s1. The van der Waals surface area contributed by atoms with E-state index in [1.807, 2.05) is 0 Å². The monoisotopic (exact) mass is 266 g/mol. The van der Waals surface area contributed by atoms with Gasteiger partial charge < -0.3 is 10.1 Å². The van der Waals surface area contributed by atoms with Gasteiger partial charge in [0.15, 0.2) is 0 Å². The third-order valence-electron chi connectivity index (χ3n) is 5.01. The lowest BCUT2D eigenvalue weighted by Crippen LogP contribution is -2.48. The maximum absolute atomic E-state index is 12.0. The van der Waals surface area contributed by atoms with Crippen LogP contribution in [0.25, 0.3) is 0 Å². The molecule has 2 saturated heterocycles. The topological polar surface area (TPSA) is 41.6 Å². The summed E-state index contributed by atoms with van der Waals surface area (Å²) >= 11 is 0. The summed E-state index contributed by atoms with van der Waals surface area (Å²) in [6.45, 7) is 7.31. The number of carbonyl (C=O) groups excluding carboxylic acids is 1. The lowest BCUT2D eigenvalue weighted by Gasteiger charge is -2.36. The van der Waals surface area contributed by atoms with Gasteiger partial charge in [-0.2, -0.15) is 0 Å². The van der Waals surface area contributed by atoms with Crippen molar-refractivity contribution in [3.05, 3.63) is 0 Å². The fourth-order valence-corrected chi connectivity index (χ4v) is 3.40. The average Bonchev–Trinajstić information content (AvgIpc) is 2.66. The highest BCUT2D eigenvalue weighted by atomic mass is 16.5. The van der Waals surface area contributed by atoms with Gasteiger partial charge in [0.1, 0.15) is 0 Å². The Hall–Kier alpha value is -0.610. The Morgan fingerprint density at radius 3 is 2.74 bits per heavy atom. The SMILES string of the molecule is CC(C)[C@@H]1CN2C[C@@H](NC(=O)C3CCC3)C[C@H]2CO1. The number of rotatable bonds is 3. The van der Waals surface area contributed by atoms with E-state index in [2.05, 4.69) is 24.1 Å². The van der Waals surface area contributed by atoms with E-state index in [4.69, 9.17) is 4.74 Å². The van der Waals surface area contributed by atoms with Gasteiger partial charge in [0.25, 0.3) is 0 Å². The Kier molecular flexibility index (Phi) is 3.81. The maximum atomic E-state index is 12.0. The van der Waals surface area contributed by atoms with Gasteiger partial charge >= 0.3 is 0 Å². The largest absolute Gasteiger partial charge is 0.375 e. The molecule has 3 rings (SSSR count). The number of nitrogens with zero attached hydrogens (tertiary/aromatic N) is 1. The predicted octanol–water partition coefficient (Wildman–Crippen LogP) is 1.40. The molecular formula is C15H26N2O2. The van der Waals surface area contributed by atoms with E-state index in [9.17, 15) is 4.79 Å². The first-order valence-corrected chi connectivity index (χ1v) is 7.79. The number of fused-ring (bicyclic) bond motifs is 1. The summed E-state index contributed by atoms with van der Waals surface area (Å²) in [7, 11) is 0. The zero-order valence-corrected chi connectivity index (χ0v) is 12.1. The molecule has 1 aliphatic carbocycles. The van der Waals surface area contributed by atoms with Gasteiger partial charge in [-0.15, -0.1) is 0 Å². The molecule has 0 radical (unpaired) electrons. The van der Waals surface area contributed by atoms with Crippen molar-refractivity contribution in [3.8, 4) is 0 Å². The molecule has 3 atom stereocenters. The van der Waals surface area contributed by atoms with Gasteiger partial charge in [-0.05, 0) is 25.2 Å². The van der Waals surface area contributed by atoms with Crippen LogP contribution in [0.3, 0.4) is 0 Å². The minimum absolute atomic E-state index is 0.289. The molecule has 3 aliphatic rings. The Bertz CT molecular complexity index is 341. The Labute approximate surface area is 115 Å². The number of nitrogens with one attached hydrogen (secondary N) is 1. The fraction of sp³-hybridized carbons (Fsp3) is 0.933. The molecule has 1 amide bonds. The molecule has 0 aromatic heterocycles. The molecule has 2 heterocycles. The Morgan fingerprint density at radius 1 is 1.32 bits per heavy atom. The van der Waals surface area contributed by atoms with Crippen LogP contribution in [0.2, 0.25) is 0 Å². The highest BCUT2D eigenvalue weighted by Gasteiger charge is 2.39. The number of carbonyl (C=O) groups is 1. The van der Waals surface area contributed by atoms with E-state index in [1.165, 1.54) is 6.42 Å². The number of morpholine rings is 1. The number of amides is 1. The lowest BCUT2D eigenvalue weighted by molar-refractivity contribution is -0.128. The number of hydrogen-bond acceptors (Lipinski definition) is 3. The third-order valence-corrected chi connectivity index (χ3v) is 5.01. The van der Waals surface area contributed by atoms with Crippen LogP contribution in [0.4, 0.5) is 0 Å². The van der Waals surface area contributed by atoms with Gasteiger partial charge in [0.2, 0.25) is 5.91 Å². The average molecular weight is 266 g/mol. The second-order valence-electron chi connectivity index (χ2n) is 6.79. The summed E-state index contributed by atoms with van der Waals surface area (Å²) in [5.41, 5.74) is 0. The van der Waals surface area contributed by atoms with Crippen LogP contribution < -0.4 is 5.32 Å². The van der Waals surface area contributed by atoms with Crippen molar-refractivity contribution >= 4 is 5.91 Å². The summed E-state index contributed by atoms with van der Waals surface area (Å²) in [5.74, 6) is 1.17. The molecule has 0 aromatic rings. The van der Waals surface area contributed by atoms with Crippen LogP contribution in [-0.2, 0) is 9.53 Å². The van der Waals surface area contributed by atoms with Gasteiger partial charge in [-0.1, -0.05) is 20.3 Å². The van der Waals surface area contributed by atoms with Crippen molar-refractivity contribution in [2.75, 3.05) is 19.7 Å². The minimum atomic E-state index is 0.289. The lowest BCUT2D eigenvalue weighted by atomic mass is 9.84. The van der Waals surface area contributed by atoms with Crippen LogP contribution in [0, 0.1) is 11.8 Å². The molecular weight excluding hydrogens is 240 g/mol. The smallest absolute Gasteiger partial charge is 0.223 e. The summed E-state index contributed by atoms with van der Waals surface area (Å²) < 4.78 is 5.93. The van der Waals surface area contributed by atoms with E-state index in [0.717, 1.165) is 39.0 Å². The number of hydrogen-bond donors (Lipinski definition) is 1. The van der Waals surface area contributed by atoms with E-state index in [-0.39, 0.29) is 5.91 Å². The van der Waals surface area contributed by atoms with Crippen LogP contribution in [0.15, 0.2) is 0 Å². The third kappa shape index (κ3) is 2.79. The second-order valence-corrected chi connectivity index (χ2v) is 6.79. The van der Waals surface area contributed by atoms with Crippen molar-refractivity contribution in [2.45, 2.75) is 57.7 Å². The molecule has 4 heteroatoms. The predicted molar refractivity (Wildman–Crippen MR) is 73.8 cm³/mol. The highest BCUT2D eigenvalue weighted by Crippen LogP contribution is 2.29. The second kappa shape index (κ2) is 5.41. The molecule has 0 bridgehead atoms. The van der Waals surface area contributed by atoms with Crippen molar-refractivity contribution in [3.63, 3.8) is 0 Å². The van der Waals surface area contributed by atoms with Crippen LogP contribution >= 0.6 is 0 Å². The molecule has 4 nitrogen and oxygen atoms in total. The first-order valence-electron chi connectivity index (χ1n) is 7.79.